The predicted octanol–water partition coefficient (Wildman–Crippen LogP) is 1.74. The third-order valence-corrected chi connectivity index (χ3v) is 3.88. The van der Waals surface area contributed by atoms with E-state index in [4.69, 9.17) is 0 Å². The lowest BCUT2D eigenvalue weighted by Crippen LogP contribution is -2.36. The molecule has 1 atom stereocenters. The van der Waals surface area contributed by atoms with E-state index in [-0.39, 0.29) is 17.6 Å². The molecule has 1 amide bonds. The first kappa shape index (κ1) is 16.5. The number of carbonyl (C=O) groups is 1. The van der Waals surface area contributed by atoms with Crippen molar-refractivity contribution in [2.75, 3.05) is 18.0 Å². The fourth-order valence-corrected chi connectivity index (χ4v) is 2.72. The monoisotopic (exact) mass is 336 g/mol. The van der Waals surface area contributed by atoms with E-state index in [0.717, 1.165) is 5.56 Å². The molecular weight excluding hydrogens is 320 g/mol. The van der Waals surface area contributed by atoms with Crippen molar-refractivity contribution >= 4 is 17.4 Å². The zero-order valence-corrected chi connectivity index (χ0v) is 13.4. The van der Waals surface area contributed by atoms with Crippen LogP contribution in [0.5, 0.6) is 0 Å². The molecule has 1 saturated heterocycles. The number of anilines is 1. The second-order valence-electron chi connectivity index (χ2n) is 5.62. The van der Waals surface area contributed by atoms with E-state index in [1.807, 2.05) is 35.2 Å². The molecule has 1 fully saturated rings. The summed E-state index contributed by atoms with van der Waals surface area (Å²) in [5, 5.41) is 14.0. The van der Waals surface area contributed by atoms with Crippen LogP contribution in [0.2, 0.25) is 0 Å². The summed E-state index contributed by atoms with van der Waals surface area (Å²) in [6.45, 7) is 1.06. The van der Waals surface area contributed by atoms with Crippen LogP contribution in [0.4, 0.5) is 11.5 Å². The number of carbonyl (C=O) groups excluding carboxylic acids is 1. The summed E-state index contributed by atoms with van der Waals surface area (Å²) in [5.74, 6) is 5.35. The van der Waals surface area contributed by atoms with Gasteiger partial charge in [-0.15, -0.1) is 0 Å². The van der Waals surface area contributed by atoms with Gasteiger partial charge in [-0.3, -0.25) is 14.9 Å². The lowest BCUT2D eigenvalue weighted by Gasteiger charge is -2.17. The molecule has 1 aliphatic rings. The standard InChI is InChI=1S/C18H16N4O3/c23-17(9-8-14-5-2-1-3-6-14)20-15-10-12-21(13-15)18-16(22(24)25)7-4-11-19-18/h1-7,11,15H,10,12-13H2,(H,20,23)/t15-/m1/s1. The third kappa shape index (κ3) is 4.12. The molecule has 7 heteroatoms. The van der Waals surface area contributed by atoms with Crippen molar-refractivity contribution in [1.82, 2.24) is 10.3 Å². The Labute approximate surface area is 144 Å². The average Bonchev–Trinajstić information content (AvgIpc) is 3.09. The van der Waals surface area contributed by atoms with Crippen molar-refractivity contribution in [2.45, 2.75) is 12.5 Å². The number of nitrogens with one attached hydrogen (secondary N) is 1. The highest BCUT2D eigenvalue weighted by molar-refractivity contribution is 5.94. The zero-order chi connectivity index (χ0) is 17.6. The van der Waals surface area contributed by atoms with Crippen LogP contribution < -0.4 is 10.2 Å². The number of nitro groups is 1. The maximum atomic E-state index is 12.0. The van der Waals surface area contributed by atoms with E-state index in [0.29, 0.717) is 25.3 Å². The molecular formula is C18H16N4O3. The third-order valence-electron chi connectivity index (χ3n) is 3.88. The highest BCUT2D eigenvalue weighted by Gasteiger charge is 2.29. The maximum Gasteiger partial charge on any atom is 0.311 e. The Bertz CT molecular complexity index is 842. The van der Waals surface area contributed by atoms with Crippen LogP contribution in [0.25, 0.3) is 0 Å². The number of aromatic nitrogens is 1. The SMILES string of the molecule is O=C(C#Cc1ccccc1)N[C@@H]1CCN(c2ncccc2[N+](=O)[O-])C1. The van der Waals surface area contributed by atoms with Crippen LogP contribution in [0.1, 0.15) is 12.0 Å². The molecule has 25 heavy (non-hydrogen) atoms. The van der Waals surface area contributed by atoms with Gasteiger partial charge in [-0.05, 0) is 24.6 Å². The molecule has 0 saturated carbocycles. The van der Waals surface area contributed by atoms with E-state index in [2.05, 4.69) is 22.1 Å². The summed E-state index contributed by atoms with van der Waals surface area (Å²) >= 11 is 0. The van der Waals surface area contributed by atoms with Gasteiger partial charge in [0.05, 0.1) is 4.92 Å². The van der Waals surface area contributed by atoms with Gasteiger partial charge in [0.2, 0.25) is 5.82 Å². The number of hydrogen-bond donors (Lipinski definition) is 1. The smallest absolute Gasteiger partial charge is 0.311 e. The molecule has 0 bridgehead atoms. The number of rotatable bonds is 3. The molecule has 0 unspecified atom stereocenters. The molecule has 1 N–H and O–H groups in total. The Morgan fingerprint density at radius 3 is 2.84 bits per heavy atom. The number of hydrogen-bond acceptors (Lipinski definition) is 5. The molecule has 2 heterocycles. The highest BCUT2D eigenvalue weighted by Crippen LogP contribution is 2.27. The lowest BCUT2D eigenvalue weighted by molar-refractivity contribution is -0.384. The quantitative estimate of drug-likeness (QED) is 0.524. The van der Waals surface area contributed by atoms with E-state index in [9.17, 15) is 14.9 Å². The largest absolute Gasteiger partial charge is 0.349 e. The molecule has 0 aliphatic carbocycles. The minimum absolute atomic E-state index is 0.0293. The minimum Gasteiger partial charge on any atom is -0.349 e. The summed E-state index contributed by atoms with van der Waals surface area (Å²) < 4.78 is 0. The molecule has 126 valence electrons. The summed E-state index contributed by atoms with van der Waals surface area (Å²) in [6.07, 6.45) is 2.21. The van der Waals surface area contributed by atoms with Gasteiger partial charge in [-0.25, -0.2) is 4.98 Å². The summed E-state index contributed by atoms with van der Waals surface area (Å²) in [6, 6.07) is 12.1. The van der Waals surface area contributed by atoms with Gasteiger partial charge in [-0.2, -0.15) is 0 Å². The Balaban J connectivity index is 1.61. The van der Waals surface area contributed by atoms with Gasteiger partial charge in [0.1, 0.15) is 0 Å². The fourth-order valence-electron chi connectivity index (χ4n) is 2.72. The topological polar surface area (TPSA) is 88.4 Å². The van der Waals surface area contributed by atoms with Crippen LogP contribution >= 0.6 is 0 Å². The second-order valence-corrected chi connectivity index (χ2v) is 5.62. The average molecular weight is 336 g/mol. The van der Waals surface area contributed by atoms with Gasteiger partial charge in [-0.1, -0.05) is 24.1 Å². The van der Waals surface area contributed by atoms with E-state index < -0.39 is 4.92 Å². The van der Waals surface area contributed by atoms with Crippen LogP contribution in [-0.2, 0) is 4.79 Å². The zero-order valence-electron chi connectivity index (χ0n) is 13.4. The Kier molecular flexibility index (Phi) is 4.90. The maximum absolute atomic E-state index is 12.0. The van der Waals surface area contributed by atoms with E-state index in [1.165, 1.54) is 18.3 Å². The molecule has 1 aromatic carbocycles. The normalized spacial score (nSPS) is 16.0. The molecule has 2 aromatic rings. The summed E-state index contributed by atoms with van der Waals surface area (Å²) in [4.78, 5) is 28.6. The first-order valence-corrected chi connectivity index (χ1v) is 7.85. The highest BCUT2D eigenvalue weighted by atomic mass is 16.6. The van der Waals surface area contributed by atoms with Crippen molar-refractivity contribution in [3.8, 4) is 11.8 Å². The number of pyridine rings is 1. The summed E-state index contributed by atoms with van der Waals surface area (Å²) in [5.41, 5.74) is 0.744. The number of benzene rings is 1. The summed E-state index contributed by atoms with van der Waals surface area (Å²) in [7, 11) is 0. The van der Waals surface area contributed by atoms with Gasteiger partial charge in [0, 0.05) is 42.9 Å². The van der Waals surface area contributed by atoms with E-state index >= 15 is 0 Å². The van der Waals surface area contributed by atoms with Crippen molar-refractivity contribution < 1.29 is 9.72 Å². The Morgan fingerprint density at radius 2 is 2.08 bits per heavy atom. The van der Waals surface area contributed by atoms with Crippen LogP contribution in [0, 0.1) is 22.0 Å². The fraction of sp³-hybridized carbons (Fsp3) is 0.222. The Hall–Kier alpha value is -3.40. The van der Waals surface area contributed by atoms with Gasteiger partial charge in [0.15, 0.2) is 0 Å². The van der Waals surface area contributed by atoms with Gasteiger partial charge in [0.25, 0.3) is 5.91 Å². The first-order valence-electron chi connectivity index (χ1n) is 7.85. The molecule has 1 aliphatic heterocycles. The number of amides is 1. The molecule has 0 radical (unpaired) electrons. The van der Waals surface area contributed by atoms with Crippen molar-refractivity contribution in [3.63, 3.8) is 0 Å². The van der Waals surface area contributed by atoms with Gasteiger partial charge < -0.3 is 10.2 Å². The lowest BCUT2D eigenvalue weighted by atomic mass is 10.2. The Morgan fingerprint density at radius 1 is 1.28 bits per heavy atom. The second kappa shape index (κ2) is 7.45. The number of nitrogens with zero attached hydrogens (tertiary/aromatic N) is 3. The van der Waals surface area contributed by atoms with Crippen molar-refractivity contribution in [1.29, 1.82) is 0 Å². The molecule has 7 nitrogen and oxygen atoms in total. The van der Waals surface area contributed by atoms with Crippen LogP contribution in [0.15, 0.2) is 48.7 Å². The van der Waals surface area contributed by atoms with Crippen molar-refractivity contribution in [3.05, 3.63) is 64.3 Å². The molecule has 0 spiro atoms. The van der Waals surface area contributed by atoms with Gasteiger partial charge >= 0.3 is 5.69 Å². The van der Waals surface area contributed by atoms with Crippen molar-refractivity contribution in [2.24, 2.45) is 0 Å². The minimum atomic E-state index is -0.445. The van der Waals surface area contributed by atoms with Crippen LogP contribution in [0.3, 0.4) is 0 Å². The van der Waals surface area contributed by atoms with Crippen LogP contribution in [-0.4, -0.2) is 34.9 Å². The molecule has 3 rings (SSSR count). The van der Waals surface area contributed by atoms with E-state index in [1.54, 1.807) is 0 Å². The first-order chi connectivity index (χ1) is 12.1. The predicted molar refractivity (Wildman–Crippen MR) is 93.0 cm³/mol. The molecule has 1 aromatic heterocycles.